The van der Waals surface area contributed by atoms with Gasteiger partial charge in [0.2, 0.25) is 5.95 Å². The monoisotopic (exact) mass is 306 g/mol. The maximum atomic E-state index is 12.6. The molecule has 0 saturated carbocycles. The Balaban J connectivity index is 1.97. The van der Waals surface area contributed by atoms with Crippen LogP contribution in [-0.2, 0) is 9.84 Å². The summed E-state index contributed by atoms with van der Waals surface area (Å²) in [4.78, 5) is 3.53. The molecule has 108 valence electrons. The lowest BCUT2D eigenvalue weighted by Gasteiger charge is -2.07. The number of nitrogens with zero attached hydrogens (tertiary/aromatic N) is 2. The van der Waals surface area contributed by atoms with Gasteiger partial charge >= 0.3 is 0 Å². The van der Waals surface area contributed by atoms with Gasteiger partial charge in [0.25, 0.3) is 0 Å². The second kappa shape index (κ2) is 6.33. The number of rotatable bonds is 5. The van der Waals surface area contributed by atoms with Crippen molar-refractivity contribution in [2.45, 2.75) is 4.90 Å². The molecule has 0 aliphatic rings. The minimum atomic E-state index is -3.49. The molecular formula is C14H11FN2O3S. The van der Waals surface area contributed by atoms with E-state index in [2.05, 4.69) is 4.98 Å². The van der Waals surface area contributed by atoms with E-state index in [9.17, 15) is 12.8 Å². The molecule has 0 N–H and O–H groups in total. The Morgan fingerprint density at radius 2 is 1.90 bits per heavy atom. The SMILES string of the molecule is N#Cc1ccc(S(=O)(=O)CCOc2ccc(F)nc2)cc1. The highest BCUT2D eigenvalue weighted by Crippen LogP contribution is 2.13. The van der Waals surface area contributed by atoms with Crippen LogP contribution in [0.3, 0.4) is 0 Å². The van der Waals surface area contributed by atoms with Crippen LogP contribution in [-0.4, -0.2) is 25.8 Å². The van der Waals surface area contributed by atoms with Gasteiger partial charge in [-0.1, -0.05) is 0 Å². The minimum Gasteiger partial charge on any atom is -0.491 e. The fourth-order valence-electron chi connectivity index (χ4n) is 1.57. The lowest BCUT2D eigenvalue weighted by molar-refractivity contribution is 0.338. The summed E-state index contributed by atoms with van der Waals surface area (Å²) in [5.74, 6) is -0.560. The van der Waals surface area contributed by atoms with Crippen LogP contribution in [0.15, 0.2) is 47.5 Å². The largest absolute Gasteiger partial charge is 0.491 e. The van der Waals surface area contributed by atoms with Gasteiger partial charge in [0.1, 0.15) is 12.4 Å². The standard InChI is InChI=1S/C14H11FN2O3S/c15-14-6-3-12(10-17-14)20-7-8-21(18,19)13-4-1-11(9-16)2-5-13/h1-6,10H,7-8H2. The molecule has 0 aliphatic heterocycles. The smallest absolute Gasteiger partial charge is 0.213 e. The number of sulfone groups is 1. The predicted molar refractivity (Wildman–Crippen MR) is 72.9 cm³/mol. The summed E-state index contributed by atoms with van der Waals surface area (Å²) >= 11 is 0. The molecule has 2 rings (SSSR count). The highest BCUT2D eigenvalue weighted by molar-refractivity contribution is 7.91. The van der Waals surface area contributed by atoms with Crippen molar-refractivity contribution in [1.82, 2.24) is 4.98 Å². The molecule has 0 atom stereocenters. The zero-order chi connectivity index (χ0) is 15.3. The first-order valence-electron chi connectivity index (χ1n) is 5.98. The Hall–Kier alpha value is -2.46. The van der Waals surface area contributed by atoms with E-state index < -0.39 is 15.8 Å². The highest BCUT2D eigenvalue weighted by atomic mass is 32.2. The first-order chi connectivity index (χ1) is 10.0. The fourth-order valence-corrected chi connectivity index (χ4v) is 2.66. The normalized spacial score (nSPS) is 10.9. The Morgan fingerprint density at radius 1 is 1.19 bits per heavy atom. The van der Waals surface area contributed by atoms with Crippen LogP contribution in [0.4, 0.5) is 4.39 Å². The number of aromatic nitrogens is 1. The van der Waals surface area contributed by atoms with E-state index in [1.165, 1.54) is 36.5 Å². The van der Waals surface area contributed by atoms with E-state index in [0.717, 1.165) is 6.07 Å². The third kappa shape index (κ3) is 4.00. The molecule has 0 bridgehead atoms. The topological polar surface area (TPSA) is 80.0 Å². The van der Waals surface area contributed by atoms with Gasteiger partial charge in [0.05, 0.1) is 28.5 Å². The number of halogens is 1. The van der Waals surface area contributed by atoms with Crippen molar-refractivity contribution < 1.29 is 17.5 Å². The molecule has 1 aromatic carbocycles. The van der Waals surface area contributed by atoms with Gasteiger partial charge in [0, 0.05) is 0 Å². The van der Waals surface area contributed by atoms with Crippen molar-refractivity contribution >= 4 is 9.84 Å². The summed E-state index contributed by atoms with van der Waals surface area (Å²) < 4.78 is 41.9. The third-order valence-corrected chi connectivity index (χ3v) is 4.36. The summed E-state index contributed by atoms with van der Waals surface area (Å²) in [5, 5.41) is 8.67. The summed E-state index contributed by atoms with van der Waals surface area (Å²) in [6.45, 7) is -0.0738. The summed E-state index contributed by atoms with van der Waals surface area (Å²) in [6, 6.07) is 10.1. The average molecular weight is 306 g/mol. The second-order valence-electron chi connectivity index (χ2n) is 4.12. The van der Waals surface area contributed by atoms with Crippen LogP contribution in [0.2, 0.25) is 0 Å². The summed E-state index contributed by atoms with van der Waals surface area (Å²) in [7, 11) is -3.49. The Bertz CT molecular complexity index is 750. The van der Waals surface area contributed by atoms with Gasteiger partial charge < -0.3 is 4.74 Å². The van der Waals surface area contributed by atoms with Gasteiger partial charge in [-0.3, -0.25) is 0 Å². The Kier molecular flexibility index (Phi) is 4.50. The van der Waals surface area contributed by atoms with Crippen molar-refractivity contribution in [3.05, 3.63) is 54.1 Å². The van der Waals surface area contributed by atoms with Crippen molar-refractivity contribution in [3.63, 3.8) is 0 Å². The number of nitriles is 1. The molecule has 0 unspecified atom stereocenters. The third-order valence-electron chi connectivity index (χ3n) is 2.66. The number of hydrogen-bond acceptors (Lipinski definition) is 5. The quantitative estimate of drug-likeness (QED) is 0.789. The van der Waals surface area contributed by atoms with E-state index in [4.69, 9.17) is 10.00 Å². The first-order valence-corrected chi connectivity index (χ1v) is 7.64. The predicted octanol–water partition coefficient (Wildman–Crippen LogP) is 1.95. The van der Waals surface area contributed by atoms with Gasteiger partial charge in [0.15, 0.2) is 9.84 Å². The molecule has 7 heteroatoms. The van der Waals surface area contributed by atoms with E-state index in [1.54, 1.807) is 0 Å². The van der Waals surface area contributed by atoms with Crippen LogP contribution in [0.5, 0.6) is 5.75 Å². The molecule has 0 spiro atoms. The maximum absolute atomic E-state index is 12.6. The van der Waals surface area contributed by atoms with Crippen LogP contribution in [0.25, 0.3) is 0 Å². The zero-order valence-electron chi connectivity index (χ0n) is 10.9. The van der Waals surface area contributed by atoms with Crippen LogP contribution in [0.1, 0.15) is 5.56 Å². The molecule has 0 aliphatic carbocycles. The molecule has 0 fully saturated rings. The Labute approximate surface area is 121 Å². The lowest BCUT2D eigenvalue weighted by Crippen LogP contribution is -2.14. The van der Waals surface area contributed by atoms with Gasteiger partial charge in [-0.2, -0.15) is 9.65 Å². The van der Waals surface area contributed by atoms with Crippen molar-refractivity contribution in [1.29, 1.82) is 5.26 Å². The van der Waals surface area contributed by atoms with Crippen molar-refractivity contribution in [2.24, 2.45) is 0 Å². The molecule has 0 radical (unpaired) electrons. The van der Waals surface area contributed by atoms with Gasteiger partial charge in [-0.15, -0.1) is 0 Å². The maximum Gasteiger partial charge on any atom is 0.213 e. The molecule has 1 heterocycles. The molecule has 0 amide bonds. The average Bonchev–Trinajstić information content (AvgIpc) is 2.49. The second-order valence-corrected chi connectivity index (χ2v) is 6.23. The number of pyridine rings is 1. The first kappa shape index (κ1) is 14.9. The van der Waals surface area contributed by atoms with E-state index in [0.29, 0.717) is 11.3 Å². The van der Waals surface area contributed by atoms with Crippen LogP contribution >= 0.6 is 0 Å². The van der Waals surface area contributed by atoms with Crippen molar-refractivity contribution in [3.8, 4) is 11.8 Å². The highest BCUT2D eigenvalue weighted by Gasteiger charge is 2.14. The minimum absolute atomic E-state index is 0.0738. The molecule has 2 aromatic rings. The van der Waals surface area contributed by atoms with Gasteiger partial charge in [-0.25, -0.2) is 13.4 Å². The van der Waals surface area contributed by atoms with Gasteiger partial charge in [-0.05, 0) is 36.4 Å². The van der Waals surface area contributed by atoms with Crippen molar-refractivity contribution in [2.75, 3.05) is 12.4 Å². The van der Waals surface area contributed by atoms with E-state index >= 15 is 0 Å². The molecule has 5 nitrogen and oxygen atoms in total. The molecule has 0 saturated heterocycles. The Morgan fingerprint density at radius 3 is 2.48 bits per heavy atom. The number of benzene rings is 1. The molecule has 1 aromatic heterocycles. The molecule has 21 heavy (non-hydrogen) atoms. The van der Waals surface area contributed by atoms with E-state index in [1.807, 2.05) is 6.07 Å². The van der Waals surface area contributed by atoms with E-state index in [-0.39, 0.29) is 17.3 Å². The van der Waals surface area contributed by atoms with Crippen LogP contribution < -0.4 is 4.74 Å². The number of ether oxygens (including phenoxy) is 1. The van der Waals surface area contributed by atoms with Crippen LogP contribution in [0, 0.1) is 17.3 Å². The summed E-state index contributed by atoms with van der Waals surface area (Å²) in [6.07, 6.45) is 1.18. The fraction of sp³-hybridized carbons (Fsp3) is 0.143. The summed E-state index contributed by atoms with van der Waals surface area (Å²) in [5.41, 5.74) is 0.391. The zero-order valence-corrected chi connectivity index (χ0v) is 11.7. The molecular weight excluding hydrogens is 295 g/mol. The number of hydrogen-bond donors (Lipinski definition) is 0. The lowest BCUT2D eigenvalue weighted by atomic mass is 10.2.